The zero-order valence-corrected chi connectivity index (χ0v) is 16.1. The van der Waals surface area contributed by atoms with E-state index in [-0.39, 0.29) is 5.91 Å². The molecule has 0 aromatic carbocycles. The number of piperidine rings is 1. The van der Waals surface area contributed by atoms with Crippen molar-refractivity contribution in [3.05, 3.63) is 23.7 Å². The lowest BCUT2D eigenvalue weighted by molar-refractivity contribution is 0.0313. The first-order chi connectivity index (χ1) is 13.2. The van der Waals surface area contributed by atoms with Crippen molar-refractivity contribution in [2.24, 2.45) is 11.8 Å². The van der Waals surface area contributed by atoms with Gasteiger partial charge in [0.1, 0.15) is 12.0 Å². The molecule has 0 radical (unpaired) electrons. The number of carbonyl (C=O) groups excluding carboxylic acids is 1. The van der Waals surface area contributed by atoms with Gasteiger partial charge in [-0.3, -0.25) is 14.6 Å². The number of ether oxygens (including phenoxy) is 1. The normalized spacial score (nSPS) is 29.9. The monoisotopic (exact) mass is 373 g/mol. The van der Waals surface area contributed by atoms with Crippen molar-refractivity contribution >= 4 is 5.91 Å². The van der Waals surface area contributed by atoms with E-state index in [2.05, 4.69) is 14.7 Å². The molecule has 0 unspecified atom stereocenters. The average molecular weight is 373 g/mol. The minimum absolute atomic E-state index is 0.150. The number of fused-ring (bicyclic) bond motifs is 4. The third kappa shape index (κ3) is 4.08. The van der Waals surface area contributed by atoms with E-state index in [0.29, 0.717) is 17.5 Å². The van der Waals surface area contributed by atoms with Gasteiger partial charge in [0.2, 0.25) is 0 Å². The Hall–Kier alpha value is -1.37. The van der Waals surface area contributed by atoms with E-state index in [1.54, 1.807) is 6.26 Å². The van der Waals surface area contributed by atoms with Crippen LogP contribution in [0, 0.1) is 11.8 Å². The molecule has 1 aromatic heterocycles. The Labute approximate surface area is 161 Å². The smallest absolute Gasteiger partial charge is 0.257 e. The number of hydrogen-bond donors (Lipinski definition) is 0. The number of morpholine rings is 1. The molecule has 1 aliphatic carbocycles. The molecule has 27 heavy (non-hydrogen) atoms. The van der Waals surface area contributed by atoms with E-state index in [4.69, 9.17) is 9.15 Å². The Morgan fingerprint density at radius 1 is 1.07 bits per heavy atom. The van der Waals surface area contributed by atoms with E-state index >= 15 is 0 Å². The third-order valence-electron chi connectivity index (χ3n) is 6.69. The van der Waals surface area contributed by atoms with Crippen LogP contribution in [-0.2, 0) is 11.3 Å². The predicted octanol–water partition coefficient (Wildman–Crippen LogP) is 2.06. The fraction of sp³-hybridized carbons (Fsp3) is 0.762. The van der Waals surface area contributed by atoms with Gasteiger partial charge in [0.25, 0.3) is 5.91 Å². The first-order valence-electron chi connectivity index (χ1n) is 10.7. The zero-order valence-electron chi connectivity index (χ0n) is 16.1. The van der Waals surface area contributed by atoms with Gasteiger partial charge in [-0.05, 0) is 43.6 Å². The Morgan fingerprint density at radius 3 is 2.74 bits per heavy atom. The second kappa shape index (κ2) is 7.57. The van der Waals surface area contributed by atoms with Crippen LogP contribution in [0.25, 0.3) is 0 Å². The molecule has 5 fully saturated rings. The molecule has 4 aliphatic heterocycles. The van der Waals surface area contributed by atoms with Gasteiger partial charge in [-0.25, -0.2) is 0 Å². The summed E-state index contributed by atoms with van der Waals surface area (Å²) in [5.74, 6) is 2.59. The van der Waals surface area contributed by atoms with Crippen LogP contribution in [0.2, 0.25) is 0 Å². The highest BCUT2D eigenvalue weighted by atomic mass is 16.5. The fourth-order valence-electron chi connectivity index (χ4n) is 4.94. The zero-order chi connectivity index (χ0) is 18.2. The van der Waals surface area contributed by atoms with E-state index in [0.717, 1.165) is 57.6 Å². The van der Waals surface area contributed by atoms with Crippen LogP contribution in [0.5, 0.6) is 0 Å². The molecule has 6 nitrogen and oxygen atoms in total. The van der Waals surface area contributed by atoms with Crippen LogP contribution in [0.4, 0.5) is 0 Å². The van der Waals surface area contributed by atoms with Gasteiger partial charge < -0.3 is 14.1 Å². The van der Waals surface area contributed by atoms with Crippen molar-refractivity contribution in [1.29, 1.82) is 0 Å². The molecule has 1 saturated carbocycles. The number of furan rings is 1. The quantitative estimate of drug-likeness (QED) is 0.791. The predicted molar refractivity (Wildman–Crippen MR) is 102 cm³/mol. The third-order valence-corrected chi connectivity index (χ3v) is 6.69. The second-order valence-corrected chi connectivity index (χ2v) is 8.89. The van der Waals surface area contributed by atoms with Crippen molar-refractivity contribution in [1.82, 2.24) is 14.7 Å². The maximum atomic E-state index is 13.1. The molecule has 0 spiro atoms. The second-order valence-electron chi connectivity index (χ2n) is 8.89. The highest BCUT2D eigenvalue weighted by Gasteiger charge is 2.38. The molecule has 0 N–H and O–H groups in total. The van der Waals surface area contributed by atoms with Crippen LogP contribution in [-0.4, -0.2) is 79.1 Å². The highest BCUT2D eigenvalue weighted by molar-refractivity contribution is 5.94. The molecule has 6 heteroatoms. The lowest BCUT2D eigenvalue weighted by Crippen LogP contribution is -2.45. The summed E-state index contributed by atoms with van der Waals surface area (Å²) in [4.78, 5) is 20.2. The van der Waals surface area contributed by atoms with Crippen molar-refractivity contribution in [3.8, 4) is 0 Å². The van der Waals surface area contributed by atoms with Crippen LogP contribution in [0.3, 0.4) is 0 Å². The highest BCUT2D eigenvalue weighted by Crippen LogP contribution is 2.35. The summed E-state index contributed by atoms with van der Waals surface area (Å²) >= 11 is 0. The average Bonchev–Trinajstić information content (AvgIpc) is 3.45. The number of carbonyl (C=O) groups is 1. The lowest BCUT2D eigenvalue weighted by atomic mass is 9.95. The van der Waals surface area contributed by atoms with Gasteiger partial charge in [-0.15, -0.1) is 0 Å². The van der Waals surface area contributed by atoms with Crippen molar-refractivity contribution in [2.75, 3.05) is 52.5 Å². The van der Waals surface area contributed by atoms with Crippen molar-refractivity contribution in [3.63, 3.8) is 0 Å². The molecule has 1 aromatic rings. The Balaban J connectivity index is 1.23. The first-order valence-corrected chi connectivity index (χ1v) is 10.7. The van der Waals surface area contributed by atoms with Crippen LogP contribution in [0.15, 0.2) is 16.7 Å². The molecule has 2 atom stereocenters. The maximum Gasteiger partial charge on any atom is 0.257 e. The molecular formula is C21H31N3O3. The Morgan fingerprint density at radius 2 is 1.93 bits per heavy atom. The summed E-state index contributed by atoms with van der Waals surface area (Å²) < 4.78 is 11.1. The SMILES string of the molecule is O=C(c1coc(CN2CCOCC2)c1)N1C[C@@H]2CC[C@H](C1)N(CC1CC1)C2. The largest absolute Gasteiger partial charge is 0.467 e. The summed E-state index contributed by atoms with van der Waals surface area (Å²) in [6.07, 6.45) is 6.97. The summed E-state index contributed by atoms with van der Waals surface area (Å²) in [6, 6.07) is 2.50. The molecule has 148 valence electrons. The van der Waals surface area contributed by atoms with Crippen LogP contribution >= 0.6 is 0 Å². The molecule has 4 saturated heterocycles. The number of rotatable bonds is 5. The summed E-state index contributed by atoms with van der Waals surface area (Å²) in [6.45, 7) is 8.38. The van der Waals surface area contributed by atoms with Gasteiger partial charge in [-0.2, -0.15) is 0 Å². The number of hydrogen-bond acceptors (Lipinski definition) is 5. The number of nitrogens with zero attached hydrogens (tertiary/aromatic N) is 3. The van der Waals surface area contributed by atoms with Crippen molar-refractivity contribution in [2.45, 2.75) is 38.3 Å². The molecule has 6 rings (SSSR count). The van der Waals surface area contributed by atoms with Gasteiger partial charge in [-0.1, -0.05) is 0 Å². The lowest BCUT2D eigenvalue weighted by Gasteiger charge is -2.36. The molecular weight excluding hydrogens is 342 g/mol. The summed E-state index contributed by atoms with van der Waals surface area (Å²) in [5.41, 5.74) is 0.716. The summed E-state index contributed by atoms with van der Waals surface area (Å²) in [7, 11) is 0. The van der Waals surface area contributed by atoms with Gasteiger partial charge in [0.15, 0.2) is 0 Å². The minimum Gasteiger partial charge on any atom is -0.467 e. The summed E-state index contributed by atoms with van der Waals surface area (Å²) in [5, 5.41) is 0. The first kappa shape index (κ1) is 17.7. The molecule has 5 heterocycles. The molecule has 2 bridgehead atoms. The van der Waals surface area contributed by atoms with Gasteiger partial charge in [0, 0.05) is 45.3 Å². The Bertz CT molecular complexity index is 665. The maximum absolute atomic E-state index is 13.1. The molecule has 5 aliphatic rings. The van der Waals surface area contributed by atoms with Crippen molar-refractivity contribution < 1.29 is 13.9 Å². The number of amides is 1. The standard InChI is InChI=1S/C21H31N3O3/c25-21(18-9-20(27-15-18)14-22-5-7-26-8-6-22)24-12-17-3-4-19(13-24)23(11-17)10-16-1-2-16/h9,15-17,19H,1-8,10-14H2/t17-,19-/m1/s1. The van der Waals surface area contributed by atoms with E-state index in [1.807, 2.05) is 6.07 Å². The van der Waals surface area contributed by atoms with Crippen LogP contribution in [0.1, 0.15) is 41.8 Å². The minimum atomic E-state index is 0.150. The fourth-order valence-corrected chi connectivity index (χ4v) is 4.94. The van der Waals surface area contributed by atoms with E-state index in [9.17, 15) is 4.79 Å². The van der Waals surface area contributed by atoms with E-state index in [1.165, 1.54) is 38.8 Å². The van der Waals surface area contributed by atoms with Crippen LogP contribution < -0.4 is 0 Å². The molecule has 1 amide bonds. The van der Waals surface area contributed by atoms with E-state index < -0.39 is 0 Å². The van der Waals surface area contributed by atoms with Gasteiger partial charge >= 0.3 is 0 Å². The van der Waals surface area contributed by atoms with Gasteiger partial charge in [0.05, 0.1) is 25.3 Å². The topological polar surface area (TPSA) is 49.2 Å². The Kier molecular flexibility index (Phi) is 4.96.